The third-order valence-corrected chi connectivity index (χ3v) is 4.45. The van der Waals surface area contributed by atoms with Gasteiger partial charge < -0.3 is 19.5 Å². The predicted molar refractivity (Wildman–Crippen MR) is 105 cm³/mol. The number of amides is 1. The third-order valence-electron chi connectivity index (χ3n) is 4.45. The van der Waals surface area contributed by atoms with Gasteiger partial charge in [-0.2, -0.15) is 0 Å². The molecule has 1 heterocycles. The minimum absolute atomic E-state index is 0.0802. The third kappa shape index (κ3) is 5.91. The molecule has 2 aromatic carbocycles. The average molecular weight is 369 g/mol. The van der Waals surface area contributed by atoms with Crippen LogP contribution in [0.15, 0.2) is 42.5 Å². The summed E-state index contributed by atoms with van der Waals surface area (Å²) in [6, 6.07) is 14.0. The molecule has 5 nitrogen and oxygen atoms in total. The van der Waals surface area contributed by atoms with Gasteiger partial charge in [-0.05, 0) is 61.6 Å². The fourth-order valence-corrected chi connectivity index (χ4v) is 3.03. The molecule has 0 atom stereocenters. The number of aryl methyl sites for hydroxylation is 2. The summed E-state index contributed by atoms with van der Waals surface area (Å²) in [6.45, 7) is 4.51. The molecule has 1 N–H and O–H groups in total. The van der Waals surface area contributed by atoms with Gasteiger partial charge in [0.1, 0.15) is 19.0 Å². The molecule has 1 amide bonds. The Balaban J connectivity index is 1.34. The number of hydrogen-bond donors (Lipinski definition) is 1. The highest BCUT2D eigenvalue weighted by Gasteiger charge is 2.12. The minimum Gasteiger partial charge on any atom is -0.494 e. The maximum absolute atomic E-state index is 12.0. The zero-order valence-corrected chi connectivity index (χ0v) is 15.8. The van der Waals surface area contributed by atoms with Gasteiger partial charge in [-0.3, -0.25) is 4.79 Å². The molecule has 0 saturated carbocycles. The van der Waals surface area contributed by atoms with Crippen molar-refractivity contribution in [2.24, 2.45) is 0 Å². The summed E-state index contributed by atoms with van der Waals surface area (Å²) in [6.07, 6.45) is 3.03. The van der Waals surface area contributed by atoms with Gasteiger partial charge in [0.25, 0.3) is 0 Å². The Morgan fingerprint density at radius 1 is 1.00 bits per heavy atom. The van der Waals surface area contributed by atoms with E-state index in [1.807, 2.05) is 37.3 Å². The zero-order valence-electron chi connectivity index (χ0n) is 15.8. The van der Waals surface area contributed by atoms with Crippen LogP contribution in [0.25, 0.3) is 0 Å². The largest absolute Gasteiger partial charge is 0.494 e. The monoisotopic (exact) mass is 369 g/mol. The normalized spacial score (nSPS) is 12.5. The van der Waals surface area contributed by atoms with E-state index in [-0.39, 0.29) is 5.91 Å². The average Bonchev–Trinajstić information content (AvgIpc) is 2.71. The van der Waals surface area contributed by atoms with Crippen molar-refractivity contribution in [3.05, 3.63) is 53.6 Å². The first-order valence-corrected chi connectivity index (χ1v) is 9.61. The SMILES string of the molecule is CCOc1ccc(CCCNC(=O)CCc2ccc3c(c2)OCCO3)cc1. The smallest absolute Gasteiger partial charge is 0.220 e. The van der Waals surface area contributed by atoms with Gasteiger partial charge in [0, 0.05) is 13.0 Å². The van der Waals surface area contributed by atoms with Gasteiger partial charge >= 0.3 is 0 Å². The van der Waals surface area contributed by atoms with Gasteiger partial charge in [0.15, 0.2) is 11.5 Å². The number of hydrogen-bond acceptors (Lipinski definition) is 4. The highest BCUT2D eigenvalue weighted by Crippen LogP contribution is 2.31. The molecule has 144 valence electrons. The van der Waals surface area contributed by atoms with E-state index in [9.17, 15) is 4.79 Å². The van der Waals surface area contributed by atoms with Crippen molar-refractivity contribution in [1.29, 1.82) is 0 Å². The van der Waals surface area contributed by atoms with Crippen molar-refractivity contribution in [1.82, 2.24) is 5.32 Å². The minimum atomic E-state index is 0.0802. The molecule has 2 aromatic rings. The molecule has 0 bridgehead atoms. The Morgan fingerprint density at radius 2 is 1.74 bits per heavy atom. The van der Waals surface area contributed by atoms with E-state index in [2.05, 4.69) is 17.4 Å². The fraction of sp³-hybridized carbons (Fsp3) is 0.409. The molecular formula is C22H27NO4. The second-order valence-corrected chi connectivity index (χ2v) is 6.51. The van der Waals surface area contributed by atoms with E-state index in [0.29, 0.717) is 39.2 Å². The number of nitrogens with one attached hydrogen (secondary N) is 1. The lowest BCUT2D eigenvalue weighted by Crippen LogP contribution is -2.25. The molecule has 27 heavy (non-hydrogen) atoms. The summed E-state index contributed by atoms with van der Waals surface area (Å²) in [5.74, 6) is 2.53. The molecule has 0 aliphatic carbocycles. The molecule has 0 fully saturated rings. The first kappa shape index (κ1) is 19.1. The van der Waals surface area contributed by atoms with Crippen LogP contribution in [0.4, 0.5) is 0 Å². The van der Waals surface area contributed by atoms with Gasteiger partial charge in [-0.25, -0.2) is 0 Å². The Bertz CT molecular complexity index is 742. The molecular weight excluding hydrogens is 342 g/mol. The van der Waals surface area contributed by atoms with E-state index < -0.39 is 0 Å². The fourth-order valence-electron chi connectivity index (χ4n) is 3.03. The highest BCUT2D eigenvalue weighted by molar-refractivity contribution is 5.76. The van der Waals surface area contributed by atoms with E-state index in [4.69, 9.17) is 14.2 Å². The molecule has 0 saturated heterocycles. The van der Waals surface area contributed by atoms with Gasteiger partial charge in [-0.1, -0.05) is 18.2 Å². The lowest BCUT2D eigenvalue weighted by molar-refractivity contribution is -0.121. The van der Waals surface area contributed by atoms with Gasteiger partial charge in [0.05, 0.1) is 6.61 Å². The maximum Gasteiger partial charge on any atom is 0.220 e. The van der Waals surface area contributed by atoms with Crippen LogP contribution in [0.3, 0.4) is 0 Å². The lowest BCUT2D eigenvalue weighted by atomic mass is 10.1. The van der Waals surface area contributed by atoms with E-state index in [1.165, 1.54) is 5.56 Å². The molecule has 0 spiro atoms. The molecule has 0 aromatic heterocycles. The van der Waals surface area contributed by atoms with E-state index in [0.717, 1.165) is 35.7 Å². The number of carbonyl (C=O) groups excluding carboxylic acids is 1. The molecule has 1 aliphatic heterocycles. The van der Waals surface area contributed by atoms with E-state index >= 15 is 0 Å². The number of carbonyl (C=O) groups is 1. The van der Waals surface area contributed by atoms with Crippen LogP contribution in [-0.4, -0.2) is 32.3 Å². The predicted octanol–water partition coefficient (Wildman–Crippen LogP) is 3.54. The lowest BCUT2D eigenvalue weighted by Gasteiger charge is -2.18. The molecule has 1 aliphatic rings. The Labute approximate surface area is 160 Å². The van der Waals surface area contributed by atoms with Gasteiger partial charge in [-0.15, -0.1) is 0 Å². The van der Waals surface area contributed by atoms with Crippen LogP contribution in [-0.2, 0) is 17.6 Å². The first-order valence-electron chi connectivity index (χ1n) is 9.61. The van der Waals surface area contributed by atoms with Gasteiger partial charge in [0.2, 0.25) is 5.91 Å². The topological polar surface area (TPSA) is 56.8 Å². The number of rotatable bonds is 9. The van der Waals surface area contributed by atoms with Crippen molar-refractivity contribution in [2.45, 2.75) is 32.6 Å². The summed E-state index contributed by atoms with van der Waals surface area (Å²) in [5.41, 5.74) is 2.34. The van der Waals surface area contributed by atoms with Crippen molar-refractivity contribution in [3.63, 3.8) is 0 Å². The number of fused-ring (bicyclic) bond motifs is 1. The first-order chi connectivity index (χ1) is 13.2. The Kier molecular flexibility index (Phi) is 6.97. The Hall–Kier alpha value is -2.69. The summed E-state index contributed by atoms with van der Waals surface area (Å²) in [5, 5.41) is 3.00. The standard InChI is InChI=1S/C22H27NO4/c1-2-25-19-9-5-17(6-10-19)4-3-13-23-22(24)12-8-18-7-11-20-21(16-18)27-15-14-26-20/h5-7,9-11,16H,2-4,8,12-15H2,1H3,(H,23,24). The second-order valence-electron chi connectivity index (χ2n) is 6.51. The van der Waals surface area contributed by atoms with Crippen molar-refractivity contribution in [2.75, 3.05) is 26.4 Å². The van der Waals surface area contributed by atoms with Crippen LogP contribution in [0, 0.1) is 0 Å². The molecule has 3 rings (SSSR count). The quantitative estimate of drug-likeness (QED) is 0.687. The summed E-state index contributed by atoms with van der Waals surface area (Å²) in [7, 11) is 0. The summed E-state index contributed by atoms with van der Waals surface area (Å²) in [4.78, 5) is 12.0. The second kappa shape index (κ2) is 9.86. The molecule has 0 unspecified atom stereocenters. The molecule has 5 heteroatoms. The zero-order chi connectivity index (χ0) is 18.9. The van der Waals surface area contributed by atoms with Crippen molar-refractivity contribution < 1.29 is 19.0 Å². The summed E-state index contributed by atoms with van der Waals surface area (Å²) >= 11 is 0. The van der Waals surface area contributed by atoms with Crippen LogP contribution in [0.1, 0.15) is 30.9 Å². The van der Waals surface area contributed by atoms with Crippen LogP contribution in [0.2, 0.25) is 0 Å². The molecule has 0 radical (unpaired) electrons. The summed E-state index contributed by atoms with van der Waals surface area (Å²) < 4.78 is 16.5. The van der Waals surface area contributed by atoms with Crippen molar-refractivity contribution in [3.8, 4) is 17.2 Å². The number of benzene rings is 2. The maximum atomic E-state index is 12.0. The van der Waals surface area contributed by atoms with Crippen LogP contribution in [0.5, 0.6) is 17.2 Å². The Morgan fingerprint density at radius 3 is 2.52 bits per heavy atom. The van der Waals surface area contributed by atoms with Crippen LogP contribution >= 0.6 is 0 Å². The highest BCUT2D eigenvalue weighted by atomic mass is 16.6. The van der Waals surface area contributed by atoms with Crippen LogP contribution < -0.4 is 19.5 Å². The number of ether oxygens (including phenoxy) is 3. The van der Waals surface area contributed by atoms with E-state index in [1.54, 1.807) is 0 Å². The van der Waals surface area contributed by atoms with Crippen molar-refractivity contribution >= 4 is 5.91 Å².